The number of carbonyl (C=O) groups is 1. The Morgan fingerprint density at radius 1 is 1.29 bits per heavy atom. The molecule has 3 heterocycles. The number of nitrogens with one attached hydrogen (secondary N) is 3. The van der Waals surface area contributed by atoms with Crippen LogP contribution in [-0.2, 0) is 6.42 Å². The van der Waals surface area contributed by atoms with Gasteiger partial charge in [0.2, 0.25) is 0 Å². The monoisotopic (exact) mass is 395 g/mol. The van der Waals surface area contributed by atoms with Gasteiger partial charge in [-0.25, -0.2) is 4.98 Å². The molecule has 1 atom stereocenters. The fraction of sp³-hybridized carbons (Fsp3) is 0.333. The summed E-state index contributed by atoms with van der Waals surface area (Å²) in [4.78, 5) is 18.3. The van der Waals surface area contributed by atoms with Gasteiger partial charge in [-0.3, -0.25) is 4.79 Å². The van der Waals surface area contributed by atoms with Gasteiger partial charge in [0.15, 0.2) is 0 Å². The van der Waals surface area contributed by atoms with Gasteiger partial charge in [-0.15, -0.1) is 11.3 Å². The Labute approximate surface area is 168 Å². The van der Waals surface area contributed by atoms with Gasteiger partial charge in [0.05, 0.1) is 5.69 Å². The molecule has 0 bridgehead atoms. The Morgan fingerprint density at radius 2 is 2.11 bits per heavy atom. The number of rotatable bonds is 6. The van der Waals surface area contributed by atoms with E-state index < -0.39 is 0 Å². The Bertz CT molecular complexity index is 976. The number of nitrogen functional groups attached to an aromatic ring is 1. The second kappa shape index (κ2) is 8.16. The molecule has 0 aliphatic carbocycles. The third-order valence-electron chi connectivity index (χ3n) is 5.02. The molecule has 1 aliphatic heterocycles. The number of hydrogen-bond donors (Lipinski definition) is 4. The first-order valence-electron chi connectivity index (χ1n) is 9.60. The number of carbonyl (C=O) groups excluding carboxylic acids is 1. The number of amides is 1. The molecule has 1 saturated heterocycles. The molecule has 0 spiro atoms. The fourth-order valence-corrected chi connectivity index (χ4v) is 4.50. The van der Waals surface area contributed by atoms with Crippen molar-refractivity contribution in [3.63, 3.8) is 0 Å². The average Bonchev–Trinajstić information content (AvgIpc) is 3.31. The summed E-state index contributed by atoms with van der Waals surface area (Å²) < 4.78 is 0. The van der Waals surface area contributed by atoms with Crippen molar-refractivity contribution in [2.75, 3.05) is 30.7 Å². The summed E-state index contributed by atoms with van der Waals surface area (Å²) in [5.74, 6) is -0.134. The number of aromatic nitrogens is 1. The minimum atomic E-state index is -0.134. The van der Waals surface area contributed by atoms with Crippen LogP contribution in [-0.4, -0.2) is 36.6 Å². The fourth-order valence-electron chi connectivity index (χ4n) is 3.44. The van der Waals surface area contributed by atoms with Crippen LogP contribution in [0.2, 0.25) is 0 Å². The van der Waals surface area contributed by atoms with Gasteiger partial charge in [0.25, 0.3) is 5.91 Å². The highest BCUT2D eigenvalue weighted by molar-refractivity contribution is 7.21. The number of nitrogens with two attached hydrogens (primary N) is 1. The molecule has 0 saturated carbocycles. The van der Waals surface area contributed by atoms with E-state index in [1.807, 2.05) is 19.1 Å². The Kier molecular flexibility index (Phi) is 5.45. The van der Waals surface area contributed by atoms with Crippen LogP contribution in [0.15, 0.2) is 36.4 Å². The zero-order valence-electron chi connectivity index (χ0n) is 15.9. The Hall–Kier alpha value is -2.64. The van der Waals surface area contributed by atoms with Gasteiger partial charge in [-0.2, -0.15) is 0 Å². The lowest BCUT2D eigenvalue weighted by Gasteiger charge is -2.13. The zero-order valence-corrected chi connectivity index (χ0v) is 16.7. The van der Waals surface area contributed by atoms with Crippen molar-refractivity contribution in [2.45, 2.75) is 25.8 Å². The van der Waals surface area contributed by atoms with Crippen molar-refractivity contribution in [2.24, 2.45) is 0 Å². The number of benzene rings is 1. The summed E-state index contributed by atoms with van der Waals surface area (Å²) in [5, 5.41) is 10.7. The van der Waals surface area contributed by atoms with E-state index in [1.54, 1.807) is 0 Å². The number of aryl methyl sites for hydroxylation is 1. The predicted molar refractivity (Wildman–Crippen MR) is 116 cm³/mol. The second-order valence-electron chi connectivity index (χ2n) is 7.19. The van der Waals surface area contributed by atoms with E-state index in [0.29, 0.717) is 23.2 Å². The maximum atomic E-state index is 12.5. The molecule has 4 rings (SSSR count). The number of pyridine rings is 1. The molecule has 28 heavy (non-hydrogen) atoms. The van der Waals surface area contributed by atoms with E-state index in [2.05, 4.69) is 45.2 Å². The number of fused-ring (bicyclic) bond motifs is 1. The van der Waals surface area contributed by atoms with Crippen LogP contribution in [0.25, 0.3) is 10.2 Å². The first kappa shape index (κ1) is 18.7. The van der Waals surface area contributed by atoms with Crippen molar-refractivity contribution >= 4 is 38.8 Å². The lowest BCUT2D eigenvalue weighted by Crippen LogP contribution is -2.25. The lowest BCUT2D eigenvalue weighted by molar-refractivity contribution is 0.0959. The van der Waals surface area contributed by atoms with E-state index in [9.17, 15) is 4.79 Å². The number of thiophene rings is 1. The first-order valence-corrected chi connectivity index (χ1v) is 10.4. The van der Waals surface area contributed by atoms with Crippen molar-refractivity contribution in [1.82, 2.24) is 15.6 Å². The molecule has 0 unspecified atom stereocenters. The number of nitrogens with zero attached hydrogens (tertiary/aromatic N) is 1. The molecule has 7 heteroatoms. The second-order valence-corrected chi connectivity index (χ2v) is 8.19. The van der Waals surface area contributed by atoms with Gasteiger partial charge in [0, 0.05) is 35.9 Å². The SMILES string of the molecule is Cc1ccc2c(N)c(C(=O)NCCc3ccc(N[C@@H]4CCNC4)cc3)sc2n1. The summed E-state index contributed by atoms with van der Waals surface area (Å²) in [5.41, 5.74) is 9.92. The molecule has 6 nitrogen and oxygen atoms in total. The minimum Gasteiger partial charge on any atom is -0.397 e. The van der Waals surface area contributed by atoms with Gasteiger partial charge in [-0.05, 0) is 56.1 Å². The number of hydrogen-bond acceptors (Lipinski definition) is 6. The highest BCUT2D eigenvalue weighted by Gasteiger charge is 2.17. The van der Waals surface area contributed by atoms with Crippen molar-refractivity contribution in [1.29, 1.82) is 0 Å². The third-order valence-corrected chi connectivity index (χ3v) is 6.14. The molecule has 0 radical (unpaired) electrons. The van der Waals surface area contributed by atoms with E-state index >= 15 is 0 Å². The standard InChI is InChI=1S/C21H25N5OS/c1-13-2-7-17-18(22)19(28-21(17)25-13)20(27)24-11-8-14-3-5-15(6-4-14)26-16-9-10-23-12-16/h2-7,16,23,26H,8-12,22H2,1H3,(H,24,27)/t16-/m1/s1. The average molecular weight is 396 g/mol. The third kappa shape index (κ3) is 4.10. The van der Waals surface area contributed by atoms with E-state index in [1.165, 1.54) is 16.9 Å². The molecule has 1 aromatic carbocycles. The molecule has 1 amide bonds. The molecule has 3 aromatic rings. The van der Waals surface area contributed by atoms with Crippen LogP contribution in [0.3, 0.4) is 0 Å². The summed E-state index contributed by atoms with van der Waals surface area (Å²) in [6.45, 7) is 4.60. The maximum Gasteiger partial charge on any atom is 0.263 e. The van der Waals surface area contributed by atoms with Crippen molar-refractivity contribution in [3.8, 4) is 0 Å². The van der Waals surface area contributed by atoms with Crippen LogP contribution in [0.5, 0.6) is 0 Å². The quantitative estimate of drug-likeness (QED) is 0.515. The van der Waals surface area contributed by atoms with Crippen LogP contribution in [0, 0.1) is 6.92 Å². The highest BCUT2D eigenvalue weighted by Crippen LogP contribution is 2.32. The molecule has 1 aliphatic rings. The predicted octanol–water partition coefficient (Wildman–Crippen LogP) is 2.93. The van der Waals surface area contributed by atoms with Gasteiger partial charge in [-0.1, -0.05) is 12.1 Å². The smallest absolute Gasteiger partial charge is 0.263 e. The van der Waals surface area contributed by atoms with Crippen LogP contribution >= 0.6 is 11.3 Å². The number of anilines is 2. The van der Waals surface area contributed by atoms with Crippen molar-refractivity contribution in [3.05, 3.63) is 52.5 Å². The van der Waals surface area contributed by atoms with Crippen LogP contribution in [0.4, 0.5) is 11.4 Å². The van der Waals surface area contributed by atoms with Crippen molar-refractivity contribution < 1.29 is 4.79 Å². The largest absolute Gasteiger partial charge is 0.397 e. The normalized spacial score (nSPS) is 16.4. The summed E-state index contributed by atoms with van der Waals surface area (Å²) in [6.07, 6.45) is 1.93. The Balaban J connectivity index is 1.32. The Morgan fingerprint density at radius 3 is 2.86 bits per heavy atom. The summed E-state index contributed by atoms with van der Waals surface area (Å²) in [7, 11) is 0. The summed E-state index contributed by atoms with van der Waals surface area (Å²) >= 11 is 1.35. The van der Waals surface area contributed by atoms with Gasteiger partial charge >= 0.3 is 0 Å². The highest BCUT2D eigenvalue weighted by atomic mass is 32.1. The lowest BCUT2D eigenvalue weighted by atomic mass is 10.1. The summed E-state index contributed by atoms with van der Waals surface area (Å²) in [6, 6.07) is 12.8. The molecular formula is C21H25N5OS. The first-order chi connectivity index (χ1) is 13.6. The van der Waals surface area contributed by atoms with Crippen LogP contribution in [0.1, 0.15) is 27.3 Å². The van der Waals surface area contributed by atoms with Gasteiger partial charge < -0.3 is 21.7 Å². The zero-order chi connectivity index (χ0) is 19.5. The molecular weight excluding hydrogens is 370 g/mol. The topological polar surface area (TPSA) is 92.1 Å². The van der Waals surface area contributed by atoms with E-state index in [4.69, 9.17) is 5.73 Å². The molecule has 5 N–H and O–H groups in total. The van der Waals surface area contributed by atoms with E-state index in [0.717, 1.165) is 47.5 Å². The van der Waals surface area contributed by atoms with Crippen LogP contribution < -0.4 is 21.7 Å². The van der Waals surface area contributed by atoms with E-state index in [-0.39, 0.29) is 5.91 Å². The molecule has 146 valence electrons. The minimum absolute atomic E-state index is 0.134. The molecule has 2 aromatic heterocycles. The van der Waals surface area contributed by atoms with Gasteiger partial charge in [0.1, 0.15) is 9.71 Å². The maximum absolute atomic E-state index is 12.5. The molecule has 1 fully saturated rings.